The number of rotatable bonds is 9. The number of carbonyl (C=O) groups is 2. The lowest BCUT2D eigenvalue weighted by Crippen LogP contribution is -2.47. The van der Waals surface area contributed by atoms with Crippen LogP contribution in [0.25, 0.3) is 20.4 Å². The van der Waals surface area contributed by atoms with Crippen molar-refractivity contribution in [3.05, 3.63) is 78.5 Å². The lowest BCUT2D eigenvalue weighted by atomic mass is 9.86. The maximum absolute atomic E-state index is 13.4. The quantitative estimate of drug-likeness (QED) is 0.149. The Kier molecular flexibility index (Phi) is 13.1. The lowest BCUT2D eigenvalue weighted by Gasteiger charge is -2.37. The number of methoxy groups -OCH3 is 1. The van der Waals surface area contributed by atoms with Gasteiger partial charge in [-0.1, -0.05) is 0 Å². The van der Waals surface area contributed by atoms with Crippen LogP contribution in [0.4, 0.5) is 23.0 Å². The summed E-state index contributed by atoms with van der Waals surface area (Å²) in [6.45, 7) is 4.49. The van der Waals surface area contributed by atoms with Gasteiger partial charge in [-0.05, 0) is 116 Å². The van der Waals surface area contributed by atoms with Crippen LogP contribution >= 0.6 is 22.7 Å². The summed E-state index contributed by atoms with van der Waals surface area (Å²) in [5, 5.41) is 8.73. The van der Waals surface area contributed by atoms with Gasteiger partial charge in [-0.25, -0.2) is 24.9 Å². The van der Waals surface area contributed by atoms with Gasteiger partial charge in [0.05, 0.1) is 36.7 Å². The minimum Gasteiger partial charge on any atom is -0.480 e. The molecule has 0 radical (unpaired) electrons. The SMILES string of the molecule is CN(C)C1CCN(C(=O)[C@H]2CCc3c(sc4ncnc(Nc5cc6c([nH]c5=O)CN=C6)c34)C2)CC1.COc1nc2c(cc1Nc1ncnc3sc4c(c13)CC[C@H](C(=O)N1CCC(N(C)C)CC1)C4)C=NC2. The zero-order valence-electron chi connectivity index (χ0n) is 41.0. The Hall–Kier alpha value is -6.22. The Morgan fingerprint density at radius 2 is 1.20 bits per heavy atom. The molecule has 2 aliphatic carbocycles. The summed E-state index contributed by atoms with van der Waals surface area (Å²) in [6, 6.07) is 4.98. The van der Waals surface area contributed by atoms with Crippen LogP contribution in [0.3, 0.4) is 0 Å². The number of fused-ring (bicyclic) bond motifs is 8. The van der Waals surface area contributed by atoms with Crippen LogP contribution in [-0.2, 0) is 48.4 Å². The van der Waals surface area contributed by atoms with Gasteiger partial charge in [-0.15, -0.1) is 22.7 Å². The van der Waals surface area contributed by atoms with E-state index in [-0.39, 0.29) is 17.4 Å². The number of aryl methyl sites for hydroxylation is 2. The van der Waals surface area contributed by atoms with Gasteiger partial charge in [0.25, 0.3) is 5.56 Å². The number of ether oxygens (including phenoxy) is 1. The minimum atomic E-state index is -0.186. The highest BCUT2D eigenvalue weighted by Crippen LogP contribution is 2.43. The molecule has 6 aliphatic rings. The maximum atomic E-state index is 13.4. The van der Waals surface area contributed by atoms with Crippen LogP contribution in [-0.4, -0.2) is 147 Å². The molecule has 0 aromatic carbocycles. The monoisotopic (exact) mass is 996 g/mol. The van der Waals surface area contributed by atoms with Crippen LogP contribution in [0.2, 0.25) is 0 Å². The number of thiophene rings is 2. The second kappa shape index (κ2) is 19.8. The first kappa shape index (κ1) is 47.1. The first-order chi connectivity index (χ1) is 34.5. The van der Waals surface area contributed by atoms with Crippen molar-refractivity contribution < 1.29 is 14.3 Å². The molecule has 6 aromatic rings. The number of H-pyrrole nitrogens is 1. The average molecular weight is 997 g/mol. The number of aliphatic imine (C=N–C) groups is 2. The second-order valence-corrected chi connectivity index (χ2v) is 22.1. The van der Waals surface area contributed by atoms with Crippen LogP contribution in [0.15, 0.2) is 39.6 Å². The van der Waals surface area contributed by atoms with E-state index in [1.165, 1.54) is 27.2 Å². The summed E-state index contributed by atoms with van der Waals surface area (Å²) in [5.74, 6) is 2.60. The molecule has 0 bridgehead atoms. The normalized spacial score (nSPS) is 19.7. The number of hydrogen-bond donors (Lipinski definition) is 3. The zero-order chi connectivity index (χ0) is 48.9. The fraction of sp³-hybridized carbons (Fsp3) is 0.490. The summed E-state index contributed by atoms with van der Waals surface area (Å²) >= 11 is 3.34. The van der Waals surface area contributed by atoms with Crippen molar-refractivity contribution in [1.29, 1.82) is 0 Å². The number of likely N-dealkylation sites (tertiary alicyclic amines) is 2. The van der Waals surface area contributed by atoms with E-state index < -0.39 is 0 Å². The number of anilines is 4. The molecule has 18 nitrogen and oxygen atoms in total. The molecule has 0 unspecified atom stereocenters. The van der Waals surface area contributed by atoms with Crippen molar-refractivity contribution in [3.8, 4) is 5.88 Å². The van der Waals surface area contributed by atoms with Gasteiger partial charge < -0.3 is 40.0 Å². The lowest BCUT2D eigenvalue weighted by molar-refractivity contribution is -0.138. The van der Waals surface area contributed by atoms with E-state index in [1.807, 2.05) is 18.3 Å². The first-order valence-corrected chi connectivity index (χ1v) is 26.4. The maximum Gasteiger partial charge on any atom is 0.271 e. The first-order valence-electron chi connectivity index (χ1n) is 24.8. The van der Waals surface area contributed by atoms with Crippen molar-refractivity contribution in [2.24, 2.45) is 21.8 Å². The molecule has 3 N–H and O–H groups in total. The predicted molar refractivity (Wildman–Crippen MR) is 279 cm³/mol. The molecule has 370 valence electrons. The Bertz CT molecular complexity index is 3150. The van der Waals surface area contributed by atoms with Gasteiger partial charge in [0.15, 0.2) is 0 Å². The summed E-state index contributed by atoms with van der Waals surface area (Å²) in [7, 11) is 10.1. The molecule has 2 amide bonds. The number of carbonyl (C=O) groups excluding carboxylic acids is 2. The largest absolute Gasteiger partial charge is 0.480 e. The molecule has 2 atom stereocenters. The highest BCUT2D eigenvalue weighted by molar-refractivity contribution is 7.19. The van der Waals surface area contributed by atoms with Gasteiger partial charge in [0.2, 0.25) is 17.7 Å². The molecule has 12 rings (SSSR count). The molecule has 4 aliphatic heterocycles. The van der Waals surface area contributed by atoms with Gasteiger partial charge in [0, 0.05) is 89.1 Å². The standard InChI is InChI=1S/C26H31N7O2S.C25H29N7O2S/c1-32(2)17-6-8-33(9-7-17)26(34)15-4-5-18-21(11-15)36-25-22(18)23(28-14-29-25)30-19-10-16-12-27-13-20(16)31-24(19)35-3;1-31(2)16-5-7-32(8-6-16)25(34)14-3-4-17-20(10-14)35-24-21(17)22(27-13-28-24)29-18-9-15-11-26-12-19(15)30-23(18)33/h10,12,14-15,17H,4-9,11,13H2,1-3H3,(H,28,29,30);9,11,13-14,16H,3-8,10,12H2,1-2H3,(H,30,33)(H,27,28,29)/t15-;14-/m00/s1. The highest BCUT2D eigenvalue weighted by Gasteiger charge is 2.36. The van der Waals surface area contributed by atoms with E-state index in [9.17, 15) is 14.4 Å². The van der Waals surface area contributed by atoms with Gasteiger partial charge in [-0.3, -0.25) is 24.4 Å². The number of hydrogen-bond acceptors (Lipinski definition) is 17. The fourth-order valence-electron chi connectivity index (χ4n) is 11.2. The Labute approximate surface area is 420 Å². The van der Waals surface area contributed by atoms with Crippen LogP contribution < -0.4 is 20.9 Å². The molecular formula is C51H60N14O4S2. The van der Waals surface area contributed by atoms with E-state index in [0.29, 0.717) is 54.4 Å². The number of nitrogens with zero attached hydrogens (tertiary/aromatic N) is 11. The van der Waals surface area contributed by atoms with Crippen LogP contribution in [0.1, 0.15) is 81.9 Å². The van der Waals surface area contributed by atoms with Gasteiger partial charge >= 0.3 is 0 Å². The van der Waals surface area contributed by atoms with E-state index >= 15 is 0 Å². The van der Waals surface area contributed by atoms with Gasteiger partial charge in [0.1, 0.15) is 45.3 Å². The third kappa shape index (κ3) is 9.30. The summed E-state index contributed by atoms with van der Waals surface area (Å²) in [4.78, 5) is 86.6. The summed E-state index contributed by atoms with van der Waals surface area (Å²) in [5.41, 5.74) is 7.16. The molecule has 20 heteroatoms. The number of piperidine rings is 2. The summed E-state index contributed by atoms with van der Waals surface area (Å²) < 4.78 is 5.55. The molecule has 0 saturated carbocycles. The third-order valence-corrected chi connectivity index (χ3v) is 17.6. The van der Waals surface area contributed by atoms with Crippen LogP contribution in [0.5, 0.6) is 5.88 Å². The molecule has 71 heavy (non-hydrogen) atoms. The Morgan fingerprint density at radius 3 is 1.73 bits per heavy atom. The van der Waals surface area contributed by atoms with E-state index in [2.05, 4.69) is 98.3 Å². The molecular weight excluding hydrogens is 937 g/mol. The minimum absolute atomic E-state index is 0.0229. The van der Waals surface area contributed by atoms with E-state index in [0.717, 1.165) is 145 Å². The number of amides is 2. The van der Waals surface area contributed by atoms with Crippen molar-refractivity contribution >= 4 is 90.4 Å². The van der Waals surface area contributed by atoms with E-state index in [1.54, 1.807) is 42.3 Å². The summed E-state index contributed by atoms with van der Waals surface area (Å²) in [6.07, 6.45) is 15.8. The average Bonchev–Trinajstić information content (AvgIpc) is 4.21. The highest BCUT2D eigenvalue weighted by atomic mass is 32.1. The predicted octanol–water partition coefficient (Wildman–Crippen LogP) is 6.14. The number of aromatic nitrogens is 6. The van der Waals surface area contributed by atoms with Crippen molar-refractivity contribution in [2.45, 2.75) is 89.4 Å². The Balaban J connectivity index is 0.000000154. The topological polar surface area (TPSA) is 202 Å². The van der Waals surface area contributed by atoms with Crippen molar-refractivity contribution in [2.75, 3.05) is 72.1 Å². The van der Waals surface area contributed by atoms with Crippen molar-refractivity contribution in [1.82, 2.24) is 49.5 Å². The van der Waals surface area contributed by atoms with Gasteiger partial charge in [-0.2, -0.15) is 0 Å². The molecule has 2 saturated heterocycles. The van der Waals surface area contributed by atoms with E-state index in [4.69, 9.17) is 4.74 Å². The molecule has 2 fully saturated rings. The number of aromatic amines is 1. The second-order valence-electron chi connectivity index (χ2n) is 19.9. The Morgan fingerprint density at radius 1 is 0.690 bits per heavy atom. The zero-order valence-corrected chi connectivity index (χ0v) is 42.6. The smallest absolute Gasteiger partial charge is 0.271 e. The third-order valence-electron chi connectivity index (χ3n) is 15.3. The molecule has 0 spiro atoms. The molecule has 6 aromatic heterocycles. The molecule has 10 heterocycles. The number of nitrogens with one attached hydrogen (secondary N) is 3. The van der Waals surface area contributed by atoms with Crippen LogP contribution in [0, 0.1) is 11.8 Å². The van der Waals surface area contributed by atoms with Crippen molar-refractivity contribution in [3.63, 3.8) is 0 Å². The number of pyridine rings is 2. The fourth-order valence-corrected chi connectivity index (χ4v) is 13.8.